The van der Waals surface area contributed by atoms with Crippen LogP contribution in [0.1, 0.15) is 5.56 Å². The predicted molar refractivity (Wildman–Crippen MR) is 62.2 cm³/mol. The number of aromatic nitrogens is 2. The molecule has 2 aromatic rings. The van der Waals surface area contributed by atoms with Gasteiger partial charge in [-0.1, -0.05) is 12.1 Å². The van der Waals surface area contributed by atoms with Crippen molar-refractivity contribution in [3.63, 3.8) is 0 Å². The van der Waals surface area contributed by atoms with Gasteiger partial charge < -0.3 is 0 Å². The molecule has 0 saturated heterocycles. The van der Waals surface area contributed by atoms with E-state index < -0.39 is 0 Å². The fourth-order valence-corrected chi connectivity index (χ4v) is 2.74. The molecule has 0 aliphatic rings. The molecule has 0 aliphatic heterocycles. The Labute approximate surface area is 85.7 Å². The second-order valence-electron chi connectivity index (χ2n) is 2.70. The van der Waals surface area contributed by atoms with Crippen LogP contribution in [0.4, 0.5) is 0 Å². The van der Waals surface area contributed by atoms with Crippen LogP contribution in [-0.2, 0) is 0 Å². The maximum absolute atomic E-state index is 4.28. The molecule has 1 heterocycles. The number of fused-ring (bicyclic) bond motifs is 1. The second-order valence-corrected chi connectivity index (χ2v) is 4.74. The van der Waals surface area contributed by atoms with E-state index >= 15 is 0 Å². The SMILES string of the molecule is Cc1ccc2cnn(PI)c2c1. The number of nitrogens with zero attached hydrogens (tertiary/aromatic N) is 2. The summed E-state index contributed by atoms with van der Waals surface area (Å²) in [6.07, 6.45) is 2.60. The van der Waals surface area contributed by atoms with Gasteiger partial charge in [0, 0.05) is 5.39 Å². The zero-order valence-corrected chi connectivity index (χ0v) is 9.74. The molecule has 0 saturated carbocycles. The van der Waals surface area contributed by atoms with Gasteiger partial charge in [0.15, 0.2) is 0 Å². The zero-order chi connectivity index (χ0) is 8.55. The second kappa shape index (κ2) is 3.30. The normalized spacial score (nSPS) is 11.8. The molecule has 62 valence electrons. The molecule has 1 atom stereocenters. The summed E-state index contributed by atoms with van der Waals surface area (Å²) in [4.78, 5) is 0. The largest absolute Gasteiger partial charge is 0.237 e. The molecule has 1 aromatic heterocycles. The third kappa shape index (κ3) is 1.36. The van der Waals surface area contributed by atoms with Crippen LogP contribution in [0.25, 0.3) is 10.9 Å². The number of aryl methyl sites for hydroxylation is 1. The Morgan fingerprint density at radius 1 is 1.50 bits per heavy atom. The first-order valence-corrected chi connectivity index (χ1v) is 7.68. The van der Waals surface area contributed by atoms with Gasteiger partial charge in [0.25, 0.3) is 0 Å². The molecule has 1 aromatic carbocycles. The summed E-state index contributed by atoms with van der Waals surface area (Å²) in [6.45, 7) is 2.10. The molecule has 0 radical (unpaired) electrons. The Kier molecular flexibility index (Phi) is 2.33. The van der Waals surface area contributed by atoms with Gasteiger partial charge in [0.05, 0.1) is 18.1 Å². The fourth-order valence-electron chi connectivity index (χ4n) is 1.20. The van der Waals surface area contributed by atoms with Crippen LogP contribution in [0.2, 0.25) is 0 Å². The highest BCUT2D eigenvalue weighted by Crippen LogP contribution is 2.28. The number of rotatable bonds is 1. The molecule has 1 unspecified atom stereocenters. The minimum absolute atomic E-state index is 0.680. The Morgan fingerprint density at radius 2 is 2.33 bits per heavy atom. The van der Waals surface area contributed by atoms with Gasteiger partial charge in [0.1, 0.15) is 0 Å². The van der Waals surface area contributed by atoms with Gasteiger partial charge in [-0.2, -0.15) is 5.10 Å². The summed E-state index contributed by atoms with van der Waals surface area (Å²) in [5, 5.41) is 5.50. The summed E-state index contributed by atoms with van der Waals surface area (Å²) < 4.78 is 2.03. The molecule has 0 amide bonds. The Hall–Kier alpha value is -0.150. The molecule has 4 heteroatoms. The monoisotopic (exact) mass is 290 g/mol. The highest BCUT2D eigenvalue weighted by Gasteiger charge is 1.99. The van der Waals surface area contributed by atoms with Gasteiger partial charge in [-0.15, -0.1) is 0 Å². The highest BCUT2D eigenvalue weighted by molar-refractivity contribution is 14.2. The van der Waals surface area contributed by atoms with Crippen LogP contribution < -0.4 is 0 Å². The van der Waals surface area contributed by atoms with Crippen LogP contribution in [-0.4, -0.2) is 9.55 Å². The van der Waals surface area contributed by atoms with E-state index in [1.807, 2.05) is 10.6 Å². The first-order valence-electron chi connectivity index (χ1n) is 3.62. The minimum atomic E-state index is 0.680. The zero-order valence-electron chi connectivity index (χ0n) is 6.58. The van der Waals surface area contributed by atoms with Crippen LogP contribution >= 0.6 is 28.4 Å². The maximum atomic E-state index is 4.28. The van der Waals surface area contributed by atoms with Gasteiger partial charge >= 0.3 is 0 Å². The first-order chi connectivity index (χ1) is 5.81. The van der Waals surface area contributed by atoms with E-state index in [1.54, 1.807) is 0 Å². The van der Waals surface area contributed by atoms with Crippen LogP contribution in [0, 0.1) is 6.92 Å². The van der Waals surface area contributed by atoms with E-state index in [4.69, 9.17) is 0 Å². The first kappa shape index (κ1) is 8.45. The molecule has 0 N–H and O–H groups in total. The van der Waals surface area contributed by atoms with Crippen molar-refractivity contribution < 1.29 is 0 Å². The van der Waals surface area contributed by atoms with Crippen molar-refractivity contribution >= 4 is 39.3 Å². The number of benzene rings is 1. The molecule has 0 fully saturated rings. The van der Waals surface area contributed by atoms with Crippen LogP contribution in [0.5, 0.6) is 0 Å². The lowest BCUT2D eigenvalue weighted by Gasteiger charge is -1.97. The summed E-state index contributed by atoms with van der Waals surface area (Å²) in [7, 11) is 0. The van der Waals surface area contributed by atoms with E-state index in [9.17, 15) is 0 Å². The smallest absolute Gasteiger partial charge is 0.0732 e. The Balaban J connectivity index is 2.75. The Morgan fingerprint density at radius 3 is 3.08 bits per heavy atom. The van der Waals surface area contributed by atoms with Crippen molar-refractivity contribution in [2.24, 2.45) is 0 Å². The molecule has 2 rings (SSSR count). The number of hydrogen-bond donors (Lipinski definition) is 0. The lowest BCUT2D eigenvalue weighted by Crippen LogP contribution is -1.81. The Bertz CT molecular complexity index is 410. The van der Waals surface area contributed by atoms with Crippen molar-refractivity contribution in [2.75, 3.05) is 0 Å². The summed E-state index contributed by atoms with van der Waals surface area (Å²) in [6, 6.07) is 6.41. The highest BCUT2D eigenvalue weighted by atomic mass is 127. The third-order valence-corrected chi connectivity index (χ3v) is 3.69. The number of halogens is 1. The third-order valence-electron chi connectivity index (χ3n) is 1.81. The molecular formula is C8H8IN2P. The van der Waals surface area contributed by atoms with Crippen molar-refractivity contribution in [3.05, 3.63) is 30.0 Å². The standard InChI is InChI=1S/C8H8IN2P/c1-6-2-3-7-5-10-11(12-9)8(7)4-6/h2-5,12H,1H3. The maximum Gasteiger partial charge on any atom is 0.0732 e. The summed E-state index contributed by atoms with van der Waals surface area (Å²) in [5.41, 5.74) is 2.53. The molecule has 0 aliphatic carbocycles. The van der Waals surface area contributed by atoms with E-state index in [1.165, 1.54) is 16.5 Å². The van der Waals surface area contributed by atoms with Gasteiger partial charge in [0.2, 0.25) is 0 Å². The summed E-state index contributed by atoms with van der Waals surface area (Å²) >= 11 is 2.34. The molecule has 0 spiro atoms. The molecule has 2 nitrogen and oxygen atoms in total. The van der Waals surface area contributed by atoms with E-state index in [0.29, 0.717) is 6.37 Å². The van der Waals surface area contributed by atoms with Crippen molar-refractivity contribution in [3.8, 4) is 0 Å². The topological polar surface area (TPSA) is 17.8 Å². The molecule has 0 bridgehead atoms. The van der Waals surface area contributed by atoms with E-state index in [2.05, 4.69) is 52.3 Å². The van der Waals surface area contributed by atoms with Crippen LogP contribution in [0.15, 0.2) is 24.4 Å². The average Bonchev–Trinajstić information content (AvgIpc) is 2.46. The quantitative estimate of drug-likeness (QED) is 0.583. The van der Waals surface area contributed by atoms with Gasteiger partial charge in [-0.05, 0) is 40.6 Å². The van der Waals surface area contributed by atoms with Crippen molar-refractivity contribution in [2.45, 2.75) is 6.92 Å². The van der Waals surface area contributed by atoms with Gasteiger partial charge in [-0.3, -0.25) is 0 Å². The van der Waals surface area contributed by atoms with E-state index in [-0.39, 0.29) is 0 Å². The predicted octanol–water partition coefficient (Wildman–Crippen LogP) is 3.14. The van der Waals surface area contributed by atoms with E-state index in [0.717, 1.165) is 0 Å². The molecule has 12 heavy (non-hydrogen) atoms. The molecular weight excluding hydrogens is 282 g/mol. The average molecular weight is 290 g/mol. The van der Waals surface area contributed by atoms with Crippen LogP contribution in [0.3, 0.4) is 0 Å². The lowest BCUT2D eigenvalue weighted by molar-refractivity contribution is 1.04. The lowest BCUT2D eigenvalue weighted by atomic mass is 10.2. The number of hydrogen-bond acceptors (Lipinski definition) is 1. The minimum Gasteiger partial charge on any atom is -0.237 e. The van der Waals surface area contributed by atoms with Gasteiger partial charge in [-0.25, -0.2) is 4.45 Å². The van der Waals surface area contributed by atoms with Crippen molar-refractivity contribution in [1.29, 1.82) is 0 Å². The van der Waals surface area contributed by atoms with Crippen molar-refractivity contribution in [1.82, 2.24) is 9.55 Å². The fraction of sp³-hybridized carbons (Fsp3) is 0.125. The summed E-state index contributed by atoms with van der Waals surface area (Å²) in [5.74, 6) is 0.